The van der Waals surface area contributed by atoms with E-state index in [2.05, 4.69) is 0 Å². The number of nitrogens with two attached hydrogens (primary N) is 1. The van der Waals surface area contributed by atoms with Gasteiger partial charge in [-0.2, -0.15) is 0 Å². The average molecular weight is 211 g/mol. The summed E-state index contributed by atoms with van der Waals surface area (Å²) in [4.78, 5) is 0. The van der Waals surface area contributed by atoms with Crippen molar-refractivity contribution in [1.29, 1.82) is 0 Å². The zero-order valence-electron chi connectivity index (χ0n) is 9.08. The molecule has 0 saturated heterocycles. The summed E-state index contributed by atoms with van der Waals surface area (Å²) < 4.78 is 17.9. The first-order chi connectivity index (χ1) is 7.26. The molecule has 0 amide bonds. The van der Waals surface area contributed by atoms with Gasteiger partial charge in [0.1, 0.15) is 11.6 Å². The third-order valence-corrected chi connectivity index (χ3v) is 2.00. The number of ether oxygens (including phenoxy) is 1. The predicted molar refractivity (Wildman–Crippen MR) is 59.3 cm³/mol. The standard InChI is InChI=1S/C10H11FO.C2H7N/c11-9-3-5-10(6-4-9)12-7-8-1-2-8;1-2-3/h3-6,8H,1-2,7H2;2-3H2,1H3. The van der Waals surface area contributed by atoms with Crippen molar-refractivity contribution in [2.24, 2.45) is 11.7 Å². The van der Waals surface area contributed by atoms with Crippen LogP contribution in [0.5, 0.6) is 5.75 Å². The minimum atomic E-state index is -0.214. The Labute approximate surface area is 90.2 Å². The van der Waals surface area contributed by atoms with Gasteiger partial charge in [0.2, 0.25) is 0 Å². The summed E-state index contributed by atoms with van der Waals surface area (Å²) in [6.45, 7) is 3.44. The van der Waals surface area contributed by atoms with Crippen LogP contribution in [0.3, 0.4) is 0 Å². The first kappa shape index (κ1) is 12.0. The van der Waals surface area contributed by atoms with E-state index in [4.69, 9.17) is 10.5 Å². The molecule has 84 valence electrons. The molecule has 0 aromatic heterocycles. The first-order valence-corrected chi connectivity index (χ1v) is 5.34. The summed E-state index contributed by atoms with van der Waals surface area (Å²) >= 11 is 0. The Balaban J connectivity index is 0.000000337. The van der Waals surface area contributed by atoms with Crippen LogP contribution in [-0.4, -0.2) is 13.2 Å². The molecule has 1 aliphatic carbocycles. The second-order valence-corrected chi connectivity index (χ2v) is 3.62. The van der Waals surface area contributed by atoms with Crippen LogP contribution < -0.4 is 10.5 Å². The Morgan fingerprint density at radius 3 is 2.33 bits per heavy atom. The third-order valence-electron chi connectivity index (χ3n) is 2.00. The lowest BCUT2D eigenvalue weighted by atomic mass is 10.3. The van der Waals surface area contributed by atoms with Crippen LogP contribution >= 0.6 is 0 Å². The molecule has 3 heteroatoms. The van der Waals surface area contributed by atoms with Gasteiger partial charge in [-0.3, -0.25) is 0 Å². The lowest BCUT2D eigenvalue weighted by Gasteiger charge is -2.03. The summed E-state index contributed by atoms with van der Waals surface area (Å²) in [7, 11) is 0. The van der Waals surface area contributed by atoms with Crippen molar-refractivity contribution >= 4 is 0 Å². The first-order valence-electron chi connectivity index (χ1n) is 5.34. The van der Waals surface area contributed by atoms with Crippen molar-refractivity contribution in [3.05, 3.63) is 30.1 Å². The molecule has 1 aromatic rings. The van der Waals surface area contributed by atoms with Crippen molar-refractivity contribution in [2.45, 2.75) is 19.8 Å². The van der Waals surface area contributed by atoms with Gasteiger partial charge in [-0.15, -0.1) is 0 Å². The van der Waals surface area contributed by atoms with E-state index in [-0.39, 0.29) is 5.82 Å². The zero-order valence-corrected chi connectivity index (χ0v) is 9.08. The summed E-state index contributed by atoms with van der Waals surface area (Å²) in [5.74, 6) is 1.30. The van der Waals surface area contributed by atoms with Gasteiger partial charge in [0.25, 0.3) is 0 Å². The fourth-order valence-electron chi connectivity index (χ4n) is 1.03. The maximum absolute atomic E-state index is 12.4. The molecular weight excluding hydrogens is 193 g/mol. The van der Waals surface area contributed by atoms with E-state index >= 15 is 0 Å². The highest BCUT2D eigenvalue weighted by atomic mass is 19.1. The van der Waals surface area contributed by atoms with E-state index in [1.807, 2.05) is 6.92 Å². The Bertz CT molecular complexity index is 269. The van der Waals surface area contributed by atoms with Gasteiger partial charge in [-0.1, -0.05) is 6.92 Å². The van der Waals surface area contributed by atoms with Crippen LogP contribution in [0.1, 0.15) is 19.8 Å². The van der Waals surface area contributed by atoms with Gasteiger partial charge in [-0.05, 0) is 49.6 Å². The quantitative estimate of drug-likeness (QED) is 0.834. The molecule has 1 aromatic carbocycles. The summed E-state index contributed by atoms with van der Waals surface area (Å²) in [5, 5.41) is 0. The number of rotatable bonds is 3. The van der Waals surface area contributed by atoms with Gasteiger partial charge < -0.3 is 10.5 Å². The SMILES string of the molecule is CCN.Fc1ccc(OCC2CC2)cc1. The zero-order chi connectivity index (χ0) is 11.1. The van der Waals surface area contributed by atoms with Crippen molar-refractivity contribution in [1.82, 2.24) is 0 Å². The van der Waals surface area contributed by atoms with E-state index in [1.54, 1.807) is 12.1 Å². The van der Waals surface area contributed by atoms with Crippen molar-refractivity contribution in [3.8, 4) is 5.75 Å². The molecule has 0 spiro atoms. The molecular formula is C12H18FNO. The molecule has 1 aliphatic rings. The van der Waals surface area contributed by atoms with Crippen molar-refractivity contribution in [2.75, 3.05) is 13.2 Å². The maximum Gasteiger partial charge on any atom is 0.123 e. The topological polar surface area (TPSA) is 35.2 Å². The lowest BCUT2D eigenvalue weighted by Crippen LogP contribution is -1.98. The molecule has 2 N–H and O–H groups in total. The highest BCUT2D eigenvalue weighted by molar-refractivity contribution is 5.22. The van der Waals surface area contributed by atoms with E-state index in [0.29, 0.717) is 0 Å². The summed E-state index contributed by atoms with van der Waals surface area (Å²) in [5.41, 5.74) is 4.85. The number of hydrogen-bond donors (Lipinski definition) is 1. The van der Waals surface area contributed by atoms with Gasteiger partial charge in [0, 0.05) is 0 Å². The predicted octanol–water partition coefficient (Wildman–Crippen LogP) is 2.58. The molecule has 1 saturated carbocycles. The van der Waals surface area contributed by atoms with Gasteiger partial charge in [0.15, 0.2) is 0 Å². The van der Waals surface area contributed by atoms with Crippen LogP contribution in [-0.2, 0) is 0 Å². The summed E-state index contributed by atoms with van der Waals surface area (Å²) in [6, 6.07) is 6.17. The van der Waals surface area contributed by atoms with Gasteiger partial charge in [0.05, 0.1) is 6.61 Å². The number of halogens is 1. The van der Waals surface area contributed by atoms with Crippen LogP contribution in [0.2, 0.25) is 0 Å². The van der Waals surface area contributed by atoms with E-state index in [1.165, 1.54) is 25.0 Å². The number of benzene rings is 1. The monoisotopic (exact) mass is 211 g/mol. The molecule has 2 rings (SSSR count). The fourth-order valence-corrected chi connectivity index (χ4v) is 1.03. The molecule has 0 bridgehead atoms. The smallest absolute Gasteiger partial charge is 0.123 e. The third kappa shape index (κ3) is 5.37. The van der Waals surface area contributed by atoms with Crippen molar-refractivity contribution < 1.29 is 9.13 Å². The Morgan fingerprint density at radius 2 is 1.87 bits per heavy atom. The molecule has 0 heterocycles. The summed E-state index contributed by atoms with van der Waals surface area (Å²) in [6.07, 6.45) is 2.56. The molecule has 0 radical (unpaired) electrons. The van der Waals surface area contributed by atoms with Gasteiger partial charge >= 0.3 is 0 Å². The van der Waals surface area contributed by atoms with Crippen molar-refractivity contribution in [3.63, 3.8) is 0 Å². The largest absolute Gasteiger partial charge is 0.493 e. The van der Waals surface area contributed by atoms with Crippen LogP contribution in [0.15, 0.2) is 24.3 Å². The minimum Gasteiger partial charge on any atom is -0.493 e. The molecule has 0 atom stereocenters. The molecule has 0 unspecified atom stereocenters. The highest BCUT2D eigenvalue weighted by Crippen LogP contribution is 2.29. The second-order valence-electron chi connectivity index (χ2n) is 3.62. The van der Waals surface area contributed by atoms with E-state index in [0.717, 1.165) is 24.8 Å². The van der Waals surface area contributed by atoms with Gasteiger partial charge in [-0.25, -0.2) is 4.39 Å². The Kier molecular flexibility index (Phi) is 5.12. The molecule has 1 fully saturated rings. The number of hydrogen-bond acceptors (Lipinski definition) is 2. The van der Waals surface area contributed by atoms with Crippen LogP contribution in [0.4, 0.5) is 4.39 Å². The fraction of sp³-hybridized carbons (Fsp3) is 0.500. The second kappa shape index (κ2) is 6.40. The lowest BCUT2D eigenvalue weighted by molar-refractivity contribution is 0.299. The average Bonchev–Trinajstić information content (AvgIpc) is 3.02. The maximum atomic E-state index is 12.4. The molecule has 15 heavy (non-hydrogen) atoms. The highest BCUT2D eigenvalue weighted by Gasteiger charge is 2.21. The van der Waals surface area contributed by atoms with Crippen LogP contribution in [0.25, 0.3) is 0 Å². The van der Waals surface area contributed by atoms with E-state index in [9.17, 15) is 4.39 Å². The van der Waals surface area contributed by atoms with Crippen LogP contribution in [0, 0.1) is 11.7 Å². The molecule has 2 nitrogen and oxygen atoms in total. The molecule has 0 aliphatic heterocycles. The Hall–Kier alpha value is -1.09. The minimum absolute atomic E-state index is 0.214. The normalized spacial score (nSPS) is 14.1. The van der Waals surface area contributed by atoms with E-state index < -0.39 is 0 Å². The Morgan fingerprint density at radius 1 is 1.33 bits per heavy atom.